The predicted molar refractivity (Wildman–Crippen MR) is 99.9 cm³/mol. The van der Waals surface area contributed by atoms with Crippen molar-refractivity contribution in [2.75, 3.05) is 32.8 Å². The van der Waals surface area contributed by atoms with Crippen molar-refractivity contribution in [1.82, 2.24) is 9.80 Å². The van der Waals surface area contributed by atoms with Crippen LogP contribution in [-0.4, -0.2) is 54.4 Å². The zero-order chi connectivity index (χ0) is 19.2. The number of nitrogens with zero attached hydrogens (tertiary/aromatic N) is 2. The van der Waals surface area contributed by atoms with Crippen LogP contribution in [0.3, 0.4) is 0 Å². The van der Waals surface area contributed by atoms with Crippen molar-refractivity contribution < 1.29 is 18.7 Å². The number of amides is 2. The van der Waals surface area contributed by atoms with Gasteiger partial charge in [0.15, 0.2) is 6.61 Å². The Morgan fingerprint density at radius 1 is 0.963 bits per heavy atom. The number of hydrogen-bond donors (Lipinski definition) is 0. The molecule has 0 saturated carbocycles. The number of benzene rings is 2. The molecule has 2 aromatic carbocycles. The summed E-state index contributed by atoms with van der Waals surface area (Å²) in [7, 11) is 0. The van der Waals surface area contributed by atoms with Crippen molar-refractivity contribution in [3.05, 3.63) is 65.5 Å². The summed E-state index contributed by atoms with van der Waals surface area (Å²) in [5.74, 6) is -0.162. The third-order valence-corrected chi connectivity index (χ3v) is 4.58. The topological polar surface area (TPSA) is 49.9 Å². The van der Waals surface area contributed by atoms with Crippen LogP contribution in [0.4, 0.5) is 4.39 Å². The molecule has 5 nitrogen and oxygen atoms in total. The number of carbonyl (C=O) groups is 2. The van der Waals surface area contributed by atoms with Crippen LogP contribution in [0.25, 0.3) is 0 Å². The van der Waals surface area contributed by atoms with E-state index in [0.717, 1.165) is 11.1 Å². The molecule has 0 radical (unpaired) electrons. The van der Waals surface area contributed by atoms with Gasteiger partial charge in [0.2, 0.25) is 5.91 Å². The molecular formula is C21H23FN2O3. The first-order valence-corrected chi connectivity index (χ1v) is 9.01. The summed E-state index contributed by atoms with van der Waals surface area (Å²) in [5.41, 5.74) is 2.14. The molecule has 6 heteroatoms. The first kappa shape index (κ1) is 18.9. The van der Waals surface area contributed by atoms with Crippen LogP contribution in [0.15, 0.2) is 48.5 Å². The Morgan fingerprint density at radius 2 is 1.63 bits per heavy atom. The van der Waals surface area contributed by atoms with Crippen LogP contribution in [-0.2, 0) is 16.0 Å². The normalized spacial score (nSPS) is 14.1. The number of ether oxygens (including phenoxy) is 1. The van der Waals surface area contributed by atoms with Crippen molar-refractivity contribution in [3.8, 4) is 5.75 Å². The lowest BCUT2D eigenvalue weighted by Gasteiger charge is -2.34. The average molecular weight is 370 g/mol. The lowest BCUT2D eigenvalue weighted by Crippen LogP contribution is -2.52. The van der Waals surface area contributed by atoms with E-state index in [1.807, 2.05) is 31.2 Å². The summed E-state index contributed by atoms with van der Waals surface area (Å²) in [5, 5.41) is 0. The molecule has 142 valence electrons. The second-order valence-corrected chi connectivity index (χ2v) is 6.67. The van der Waals surface area contributed by atoms with Gasteiger partial charge in [-0.3, -0.25) is 9.59 Å². The van der Waals surface area contributed by atoms with E-state index in [-0.39, 0.29) is 18.4 Å². The molecule has 0 unspecified atom stereocenters. The summed E-state index contributed by atoms with van der Waals surface area (Å²) >= 11 is 0. The minimum atomic E-state index is -0.402. The SMILES string of the molecule is Cc1cccc(CC(=O)N2CCN(C(=O)COc3cccc(F)c3)CC2)c1. The van der Waals surface area contributed by atoms with Crippen LogP contribution in [0.2, 0.25) is 0 Å². The van der Waals surface area contributed by atoms with Crippen molar-refractivity contribution in [2.24, 2.45) is 0 Å². The molecule has 0 spiro atoms. The highest BCUT2D eigenvalue weighted by atomic mass is 19.1. The van der Waals surface area contributed by atoms with Crippen molar-refractivity contribution in [2.45, 2.75) is 13.3 Å². The fourth-order valence-corrected chi connectivity index (χ4v) is 3.11. The fraction of sp³-hybridized carbons (Fsp3) is 0.333. The third kappa shape index (κ3) is 5.29. The molecule has 0 N–H and O–H groups in total. The van der Waals surface area contributed by atoms with E-state index in [1.165, 1.54) is 18.2 Å². The van der Waals surface area contributed by atoms with Gasteiger partial charge in [-0.05, 0) is 24.6 Å². The van der Waals surface area contributed by atoms with Gasteiger partial charge in [-0.15, -0.1) is 0 Å². The Kier molecular flexibility index (Phi) is 6.06. The van der Waals surface area contributed by atoms with E-state index in [9.17, 15) is 14.0 Å². The van der Waals surface area contributed by atoms with Gasteiger partial charge in [-0.2, -0.15) is 0 Å². The van der Waals surface area contributed by atoms with E-state index >= 15 is 0 Å². The number of piperazine rings is 1. The highest BCUT2D eigenvalue weighted by Crippen LogP contribution is 2.13. The summed E-state index contributed by atoms with van der Waals surface area (Å²) in [6.45, 7) is 3.84. The van der Waals surface area contributed by atoms with Gasteiger partial charge in [0, 0.05) is 32.2 Å². The smallest absolute Gasteiger partial charge is 0.260 e. The minimum Gasteiger partial charge on any atom is -0.484 e. The molecular weight excluding hydrogens is 347 g/mol. The van der Waals surface area contributed by atoms with E-state index in [2.05, 4.69) is 0 Å². The van der Waals surface area contributed by atoms with Crippen LogP contribution in [0.5, 0.6) is 5.75 Å². The summed E-state index contributed by atoms with van der Waals surface area (Å²) in [6, 6.07) is 13.6. The summed E-state index contributed by atoms with van der Waals surface area (Å²) < 4.78 is 18.5. The summed E-state index contributed by atoms with van der Waals surface area (Å²) in [6.07, 6.45) is 0.373. The van der Waals surface area contributed by atoms with Gasteiger partial charge in [0.05, 0.1) is 6.42 Å². The molecule has 2 amide bonds. The average Bonchev–Trinajstić information content (AvgIpc) is 2.66. The first-order chi connectivity index (χ1) is 13.0. The molecule has 2 aromatic rings. The maximum Gasteiger partial charge on any atom is 0.260 e. The zero-order valence-electron chi connectivity index (χ0n) is 15.4. The van der Waals surface area contributed by atoms with Gasteiger partial charge >= 0.3 is 0 Å². The standard InChI is InChI=1S/C21H23FN2O3/c1-16-4-2-5-17(12-16)13-20(25)23-8-10-24(11-9-23)21(26)15-27-19-7-3-6-18(22)14-19/h2-7,12,14H,8-11,13,15H2,1H3. The molecule has 0 bridgehead atoms. The molecule has 1 fully saturated rings. The molecule has 1 saturated heterocycles. The van der Waals surface area contributed by atoms with Gasteiger partial charge in [-0.25, -0.2) is 4.39 Å². The minimum absolute atomic E-state index is 0.0729. The molecule has 3 rings (SSSR count). The first-order valence-electron chi connectivity index (χ1n) is 9.01. The van der Waals surface area contributed by atoms with Crippen molar-refractivity contribution >= 4 is 11.8 Å². The van der Waals surface area contributed by atoms with E-state index in [4.69, 9.17) is 4.74 Å². The van der Waals surface area contributed by atoms with Crippen LogP contribution >= 0.6 is 0 Å². The Bertz CT molecular complexity index is 817. The van der Waals surface area contributed by atoms with Crippen LogP contribution in [0.1, 0.15) is 11.1 Å². The molecule has 27 heavy (non-hydrogen) atoms. The fourth-order valence-electron chi connectivity index (χ4n) is 3.11. The van der Waals surface area contributed by atoms with Gasteiger partial charge < -0.3 is 14.5 Å². The lowest BCUT2D eigenvalue weighted by molar-refractivity contribution is -0.140. The molecule has 1 aliphatic heterocycles. The number of aryl methyl sites for hydroxylation is 1. The van der Waals surface area contributed by atoms with Gasteiger partial charge in [0.25, 0.3) is 5.91 Å². The maximum absolute atomic E-state index is 13.1. The molecule has 1 aliphatic rings. The highest BCUT2D eigenvalue weighted by molar-refractivity contribution is 5.80. The Balaban J connectivity index is 1.45. The number of hydrogen-bond acceptors (Lipinski definition) is 3. The number of carbonyl (C=O) groups excluding carboxylic acids is 2. The van der Waals surface area contributed by atoms with Crippen LogP contribution < -0.4 is 4.74 Å². The Morgan fingerprint density at radius 3 is 2.30 bits per heavy atom. The highest BCUT2D eigenvalue weighted by Gasteiger charge is 2.24. The maximum atomic E-state index is 13.1. The summed E-state index contributed by atoms with van der Waals surface area (Å²) in [4.78, 5) is 28.2. The molecule has 0 aromatic heterocycles. The zero-order valence-corrected chi connectivity index (χ0v) is 15.4. The van der Waals surface area contributed by atoms with Gasteiger partial charge in [0.1, 0.15) is 11.6 Å². The second kappa shape index (κ2) is 8.66. The quantitative estimate of drug-likeness (QED) is 0.812. The molecule has 1 heterocycles. The Hall–Kier alpha value is -2.89. The second-order valence-electron chi connectivity index (χ2n) is 6.67. The monoisotopic (exact) mass is 370 g/mol. The largest absolute Gasteiger partial charge is 0.484 e. The van der Waals surface area contributed by atoms with E-state index in [0.29, 0.717) is 38.3 Å². The molecule has 0 aliphatic carbocycles. The predicted octanol–water partition coefficient (Wildman–Crippen LogP) is 2.43. The van der Waals surface area contributed by atoms with E-state index < -0.39 is 5.82 Å². The number of rotatable bonds is 5. The van der Waals surface area contributed by atoms with Gasteiger partial charge in [-0.1, -0.05) is 35.9 Å². The third-order valence-electron chi connectivity index (χ3n) is 4.58. The lowest BCUT2D eigenvalue weighted by atomic mass is 10.1. The Labute approximate surface area is 158 Å². The van der Waals surface area contributed by atoms with Crippen LogP contribution in [0, 0.1) is 12.7 Å². The van der Waals surface area contributed by atoms with Crippen molar-refractivity contribution in [3.63, 3.8) is 0 Å². The molecule has 0 atom stereocenters. The number of halogens is 1. The van der Waals surface area contributed by atoms with Crippen molar-refractivity contribution in [1.29, 1.82) is 0 Å². The van der Waals surface area contributed by atoms with E-state index in [1.54, 1.807) is 15.9 Å².